The van der Waals surface area contributed by atoms with Gasteiger partial charge in [-0.15, -0.1) is 0 Å². The molecule has 0 radical (unpaired) electrons. The summed E-state index contributed by atoms with van der Waals surface area (Å²) in [6.45, 7) is 2.21. The van der Waals surface area contributed by atoms with Gasteiger partial charge >= 0.3 is 5.97 Å². The Balaban J connectivity index is 2.20. The van der Waals surface area contributed by atoms with Gasteiger partial charge < -0.3 is 9.64 Å². The number of carbonyl (C=O) groups excluding carboxylic acids is 2. The minimum absolute atomic E-state index is 0.188. The smallest absolute Gasteiger partial charge is 0.310 e. The van der Waals surface area contributed by atoms with Crippen molar-refractivity contribution >= 4 is 23.6 Å². The Bertz CT molecular complexity index is 754. The summed E-state index contributed by atoms with van der Waals surface area (Å²) in [5.74, 6) is -3.67. The van der Waals surface area contributed by atoms with Gasteiger partial charge in [-0.1, -0.05) is 49.0 Å². The average Bonchev–Trinajstić information content (AvgIpc) is 2.67. The van der Waals surface area contributed by atoms with E-state index >= 15 is 0 Å². The maximum atomic E-state index is 12.9. The van der Waals surface area contributed by atoms with E-state index in [0.717, 1.165) is 5.56 Å². The maximum absolute atomic E-state index is 12.9. The summed E-state index contributed by atoms with van der Waals surface area (Å²) in [5.41, 5.74) is 1.30. The van der Waals surface area contributed by atoms with Crippen LogP contribution in [0.1, 0.15) is 22.8 Å². The lowest BCUT2D eigenvalue weighted by Gasteiger charge is -2.25. The van der Waals surface area contributed by atoms with Crippen molar-refractivity contribution in [2.45, 2.75) is 24.1 Å². The third-order valence-electron chi connectivity index (χ3n) is 3.93. The number of thioether (sulfide) groups is 1. The molecular weight excluding hydrogens is 372 g/mol. The van der Waals surface area contributed by atoms with Crippen LogP contribution in [-0.4, -0.2) is 36.2 Å². The summed E-state index contributed by atoms with van der Waals surface area (Å²) >= 11 is 0.428. The van der Waals surface area contributed by atoms with Gasteiger partial charge in [0.15, 0.2) is 0 Å². The van der Waals surface area contributed by atoms with E-state index in [4.69, 9.17) is 4.74 Å². The van der Waals surface area contributed by atoms with Crippen LogP contribution < -0.4 is 0 Å². The van der Waals surface area contributed by atoms with Crippen molar-refractivity contribution in [3.05, 3.63) is 65.7 Å². The Kier molecular flexibility index (Phi) is 7.79. The third-order valence-corrected chi connectivity index (χ3v) is 4.65. The number of alkyl halides is 2. The van der Waals surface area contributed by atoms with E-state index in [1.807, 2.05) is 30.3 Å². The Labute approximate surface area is 161 Å². The zero-order chi connectivity index (χ0) is 19.8. The zero-order valence-electron chi connectivity index (χ0n) is 15.1. The summed E-state index contributed by atoms with van der Waals surface area (Å²) in [6, 6.07) is 15.4. The molecule has 0 N–H and O–H groups in total. The highest BCUT2D eigenvalue weighted by molar-refractivity contribution is 7.99. The number of esters is 1. The quantitative estimate of drug-likeness (QED) is 0.491. The number of hydrogen-bond acceptors (Lipinski definition) is 4. The van der Waals surface area contributed by atoms with Crippen LogP contribution >= 0.6 is 11.8 Å². The molecule has 0 aromatic heterocycles. The highest BCUT2D eigenvalue weighted by atomic mass is 32.2. The highest BCUT2D eigenvalue weighted by Crippen LogP contribution is 2.25. The van der Waals surface area contributed by atoms with Crippen LogP contribution in [0.25, 0.3) is 0 Å². The largest absolute Gasteiger partial charge is 0.469 e. The lowest BCUT2D eigenvalue weighted by atomic mass is 10.1. The summed E-state index contributed by atoms with van der Waals surface area (Å²) in [6.07, 6.45) is 0. The lowest BCUT2D eigenvalue weighted by molar-refractivity contribution is -0.145. The van der Waals surface area contributed by atoms with Gasteiger partial charge in [0.05, 0.1) is 13.0 Å². The van der Waals surface area contributed by atoms with Crippen LogP contribution in [-0.2, 0) is 16.1 Å². The predicted molar refractivity (Wildman–Crippen MR) is 101 cm³/mol. The highest BCUT2D eigenvalue weighted by Gasteiger charge is 2.23. The fourth-order valence-electron chi connectivity index (χ4n) is 2.59. The van der Waals surface area contributed by atoms with E-state index in [0.29, 0.717) is 28.8 Å². The SMILES string of the molecule is COC(=O)C(C)CN(Cc1ccccc1)C(=O)c1ccc(SC(F)F)cc1. The number of hydrogen-bond donors (Lipinski definition) is 0. The molecule has 144 valence electrons. The molecule has 0 aliphatic carbocycles. The Morgan fingerprint density at radius 2 is 1.70 bits per heavy atom. The number of carbonyl (C=O) groups is 2. The summed E-state index contributed by atoms with van der Waals surface area (Å²) < 4.78 is 29.6. The van der Waals surface area contributed by atoms with Crippen LogP contribution in [0.5, 0.6) is 0 Å². The first-order valence-corrected chi connectivity index (χ1v) is 9.24. The fraction of sp³-hybridized carbons (Fsp3) is 0.300. The molecule has 0 aliphatic heterocycles. The molecule has 0 fully saturated rings. The molecular formula is C20H21F2NO3S. The van der Waals surface area contributed by atoms with E-state index < -0.39 is 17.6 Å². The average molecular weight is 393 g/mol. The molecule has 0 spiro atoms. The zero-order valence-corrected chi connectivity index (χ0v) is 15.9. The number of amides is 1. The Morgan fingerprint density at radius 3 is 2.26 bits per heavy atom. The van der Waals surface area contributed by atoms with E-state index in [1.54, 1.807) is 11.8 Å². The molecule has 0 bridgehead atoms. The second-order valence-electron chi connectivity index (χ2n) is 6.00. The second-order valence-corrected chi connectivity index (χ2v) is 7.06. The Morgan fingerprint density at radius 1 is 1.07 bits per heavy atom. The molecule has 0 saturated heterocycles. The molecule has 0 saturated carbocycles. The normalized spacial score (nSPS) is 11.9. The van der Waals surface area contributed by atoms with Gasteiger partial charge in [0, 0.05) is 23.5 Å². The minimum atomic E-state index is -2.51. The van der Waals surface area contributed by atoms with Gasteiger partial charge in [-0.25, -0.2) is 0 Å². The van der Waals surface area contributed by atoms with Crippen LogP contribution in [0.15, 0.2) is 59.5 Å². The summed E-state index contributed by atoms with van der Waals surface area (Å²) in [7, 11) is 1.31. The van der Waals surface area contributed by atoms with Gasteiger partial charge in [0.2, 0.25) is 0 Å². The van der Waals surface area contributed by atoms with E-state index in [9.17, 15) is 18.4 Å². The molecule has 1 amide bonds. The van der Waals surface area contributed by atoms with Crippen molar-refractivity contribution < 1.29 is 23.1 Å². The van der Waals surface area contributed by atoms with E-state index in [2.05, 4.69) is 0 Å². The van der Waals surface area contributed by atoms with Crippen molar-refractivity contribution in [2.24, 2.45) is 5.92 Å². The van der Waals surface area contributed by atoms with Gasteiger partial charge in [0.25, 0.3) is 11.7 Å². The van der Waals surface area contributed by atoms with Crippen LogP contribution in [0.3, 0.4) is 0 Å². The first kappa shape index (κ1) is 20.9. The second kappa shape index (κ2) is 10.1. The first-order valence-electron chi connectivity index (χ1n) is 8.36. The topological polar surface area (TPSA) is 46.6 Å². The third kappa shape index (κ3) is 6.36. The fourth-order valence-corrected chi connectivity index (χ4v) is 3.09. The standard InChI is InChI=1S/C20H21F2NO3S/c1-14(19(25)26-2)12-23(13-15-6-4-3-5-7-15)18(24)16-8-10-17(11-9-16)27-20(21)22/h3-11,14,20H,12-13H2,1-2H3. The molecule has 2 aromatic carbocycles. The molecule has 1 unspecified atom stereocenters. The van der Waals surface area contributed by atoms with E-state index in [1.165, 1.54) is 31.4 Å². The van der Waals surface area contributed by atoms with Crippen molar-refractivity contribution in [2.75, 3.05) is 13.7 Å². The van der Waals surface area contributed by atoms with E-state index in [-0.39, 0.29) is 12.5 Å². The number of nitrogens with zero attached hydrogens (tertiary/aromatic N) is 1. The van der Waals surface area contributed by atoms with Crippen LogP contribution in [0.4, 0.5) is 8.78 Å². The number of rotatable bonds is 8. The molecule has 2 aromatic rings. The number of halogens is 2. The van der Waals surface area contributed by atoms with Crippen LogP contribution in [0.2, 0.25) is 0 Å². The van der Waals surface area contributed by atoms with Crippen molar-refractivity contribution in [3.8, 4) is 0 Å². The molecule has 27 heavy (non-hydrogen) atoms. The van der Waals surface area contributed by atoms with Crippen molar-refractivity contribution in [1.82, 2.24) is 4.90 Å². The molecule has 0 aliphatic rings. The van der Waals surface area contributed by atoms with Gasteiger partial charge in [-0.2, -0.15) is 8.78 Å². The maximum Gasteiger partial charge on any atom is 0.310 e. The van der Waals surface area contributed by atoms with Gasteiger partial charge in [-0.3, -0.25) is 9.59 Å². The molecule has 7 heteroatoms. The molecule has 1 atom stereocenters. The van der Waals surface area contributed by atoms with Crippen molar-refractivity contribution in [3.63, 3.8) is 0 Å². The number of ether oxygens (including phenoxy) is 1. The van der Waals surface area contributed by atoms with Gasteiger partial charge in [0.1, 0.15) is 0 Å². The monoisotopic (exact) mass is 393 g/mol. The van der Waals surface area contributed by atoms with Crippen LogP contribution in [0, 0.1) is 5.92 Å². The summed E-state index contributed by atoms with van der Waals surface area (Å²) in [4.78, 5) is 26.7. The molecule has 0 heterocycles. The molecule has 4 nitrogen and oxygen atoms in total. The number of methoxy groups -OCH3 is 1. The lowest BCUT2D eigenvalue weighted by Crippen LogP contribution is -2.36. The number of benzene rings is 2. The molecule has 2 rings (SSSR count). The minimum Gasteiger partial charge on any atom is -0.469 e. The predicted octanol–water partition coefficient (Wildman–Crippen LogP) is 4.45. The summed E-state index contributed by atoms with van der Waals surface area (Å²) in [5, 5.41) is 0. The Hall–Kier alpha value is -2.41. The van der Waals surface area contributed by atoms with Gasteiger partial charge in [-0.05, 0) is 29.8 Å². The first-order chi connectivity index (χ1) is 12.9. The van der Waals surface area contributed by atoms with Crippen molar-refractivity contribution in [1.29, 1.82) is 0 Å².